The lowest BCUT2D eigenvalue weighted by Crippen LogP contribution is -1.98. The van der Waals surface area contributed by atoms with Gasteiger partial charge in [-0.25, -0.2) is 9.97 Å². The molecule has 2 aromatic rings. The molecule has 1 atom stereocenters. The first-order valence-corrected chi connectivity index (χ1v) is 6.77. The molecule has 3 heteroatoms. The summed E-state index contributed by atoms with van der Waals surface area (Å²) in [5.41, 5.74) is 3.48. The summed E-state index contributed by atoms with van der Waals surface area (Å²) in [6.45, 7) is 6.38. The monoisotopic (exact) mass is 255 g/mol. The zero-order chi connectivity index (χ0) is 13.8. The van der Waals surface area contributed by atoms with E-state index in [9.17, 15) is 0 Å². The molecule has 1 N–H and O–H groups in total. The molecule has 0 saturated heterocycles. The van der Waals surface area contributed by atoms with E-state index >= 15 is 0 Å². The maximum atomic E-state index is 4.50. The van der Waals surface area contributed by atoms with Crippen molar-refractivity contribution in [2.24, 2.45) is 0 Å². The number of hydrogen-bond donors (Lipinski definition) is 1. The fourth-order valence-corrected chi connectivity index (χ4v) is 2.06. The van der Waals surface area contributed by atoms with E-state index in [2.05, 4.69) is 53.4 Å². The summed E-state index contributed by atoms with van der Waals surface area (Å²) in [7, 11) is 1.87. The van der Waals surface area contributed by atoms with Crippen LogP contribution in [-0.2, 0) is 0 Å². The van der Waals surface area contributed by atoms with Gasteiger partial charge in [0.05, 0.1) is 5.69 Å². The van der Waals surface area contributed by atoms with E-state index in [1.54, 1.807) is 0 Å². The molecule has 0 fully saturated rings. The Labute approximate surface area is 115 Å². The molecule has 0 aliphatic carbocycles. The van der Waals surface area contributed by atoms with Crippen LogP contribution in [0.5, 0.6) is 0 Å². The maximum absolute atomic E-state index is 4.50. The standard InChI is InChI=1S/C16H21N3/c1-5-11(2)13-6-8-14(9-7-13)15-10-16(17-4)19-12(3)18-15/h6-11H,5H2,1-4H3,(H,17,18,19). The Bertz CT molecular complexity index is 546. The zero-order valence-corrected chi connectivity index (χ0v) is 12.1. The van der Waals surface area contributed by atoms with Crippen molar-refractivity contribution >= 4 is 5.82 Å². The molecule has 0 aliphatic heterocycles. The minimum Gasteiger partial charge on any atom is -0.373 e. The number of rotatable bonds is 4. The normalized spacial score (nSPS) is 12.2. The van der Waals surface area contributed by atoms with Gasteiger partial charge in [-0.1, -0.05) is 38.1 Å². The van der Waals surface area contributed by atoms with Crippen LogP contribution < -0.4 is 5.32 Å². The van der Waals surface area contributed by atoms with Gasteiger partial charge in [0.15, 0.2) is 0 Å². The van der Waals surface area contributed by atoms with Gasteiger partial charge in [-0.15, -0.1) is 0 Å². The average Bonchev–Trinajstić information content (AvgIpc) is 2.46. The Balaban J connectivity index is 2.34. The van der Waals surface area contributed by atoms with E-state index in [4.69, 9.17) is 0 Å². The highest BCUT2D eigenvalue weighted by molar-refractivity contribution is 5.62. The van der Waals surface area contributed by atoms with Crippen LogP contribution in [0.25, 0.3) is 11.3 Å². The number of nitrogens with one attached hydrogen (secondary N) is 1. The third-order valence-corrected chi connectivity index (χ3v) is 3.48. The van der Waals surface area contributed by atoms with Gasteiger partial charge < -0.3 is 5.32 Å². The summed E-state index contributed by atoms with van der Waals surface area (Å²) in [5.74, 6) is 2.25. The number of hydrogen-bond acceptors (Lipinski definition) is 3. The van der Waals surface area contributed by atoms with Crippen molar-refractivity contribution in [1.82, 2.24) is 9.97 Å². The van der Waals surface area contributed by atoms with Gasteiger partial charge in [0, 0.05) is 18.7 Å². The SMILES string of the molecule is CCC(C)c1ccc(-c2cc(NC)nc(C)n2)cc1. The van der Waals surface area contributed by atoms with Crippen LogP contribution in [-0.4, -0.2) is 17.0 Å². The van der Waals surface area contributed by atoms with Crippen LogP contribution in [0.4, 0.5) is 5.82 Å². The molecule has 1 unspecified atom stereocenters. The highest BCUT2D eigenvalue weighted by atomic mass is 15.0. The Hall–Kier alpha value is -1.90. The molecule has 0 aliphatic rings. The molecule has 1 heterocycles. The molecular formula is C16H21N3. The lowest BCUT2D eigenvalue weighted by atomic mass is 9.97. The maximum Gasteiger partial charge on any atom is 0.130 e. The highest BCUT2D eigenvalue weighted by Gasteiger charge is 2.06. The molecule has 100 valence electrons. The summed E-state index contributed by atoms with van der Waals surface area (Å²) < 4.78 is 0. The van der Waals surface area contributed by atoms with Gasteiger partial charge in [0.25, 0.3) is 0 Å². The third-order valence-electron chi connectivity index (χ3n) is 3.48. The molecule has 19 heavy (non-hydrogen) atoms. The second-order valence-electron chi connectivity index (χ2n) is 4.87. The molecule has 0 amide bonds. The number of anilines is 1. The molecule has 0 spiro atoms. The molecule has 0 radical (unpaired) electrons. The molecule has 0 saturated carbocycles. The topological polar surface area (TPSA) is 37.8 Å². The van der Waals surface area contributed by atoms with E-state index in [1.165, 1.54) is 5.56 Å². The smallest absolute Gasteiger partial charge is 0.130 e. The van der Waals surface area contributed by atoms with Crippen LogP contribution in [0, 0.1) is 6.92 Å². The summed E-state index contributed by atoms with van der Waals surface area (Å²) in [4.78, 5) is 8.81. The highest BCUT2D eigenvalue weighted by Crippen LogP contribution is 2.24. The number of aromatic nitrogens is 2. The molecule has 0 bridgehead atoms. The van der Waals surface area contributed by atoms with Crippen LogP contribution in [0.3, 0.4) is 0 Å². The van der Waals surface area contributed by atoms with Gasteiger partial charge in [-0.05, 0) is 24.8 Å². The predicted octanol–water partition coefficient (Wildman–Crippen LogP) is 4.01. The molecular weight excluding hydrogens is 234 g/mol. The fraction of sp³-hybridized carbons (Fsp3) is 0.375. The van der Waals surface area contributed by atoms with Gasteiger partial charge >= 0.3 is 0 Å². The number of nitrogens with zero attached hydrogens (tertiary/aromatic N) is 2. The summed E-state index contributed by atoms with van der Waals surface area (Å²) in [6, 6.07) is 10.6. The summed E-state index contributed by atoms with van der Waals surface area (Å²) in [5, 5.41) is 3.07. The Morgan fingerprint density at radius 2 is 1.84 bits per heavy atom. The first kappa shape index (κ1) is 13.5. The van der Waals surface area contributed by atoms with Crippen molar-refractivity contribution in [3.63, 3.8) is 0 Å². The lowest BCUT2D eigenvalue weighted by Gasteiger charge is -2.10. The largest absolute Gasteiger partial charge is 0.373 e. The van der Waals surface area contributed by atoms with Gasteiger partial charge in [-0.2, -0.15) is 0 Å². The van der Waals surface area contributed by atoms with Gasteiger partial charge in [0.2, 0.25) is 0 Å². The minimum atomic E-state index is 0.606. The van der Waals surface area contributed by atoms with Crippen LogP contribution in [0.15, 0.2) is 30.3 Å². The number of aryl methyl sites for hydroxylation is 1. The predicted molar refractivity (Wildman–Crippen MR) is 80.5 cm³/mol. The van der Waals surface area contributed by atoms with Crippen molar-refractivity contribution < 1.29 is 0 Å². The third kappa shape index (κ3) is 3.11. The van der Waals surface area contributed by atoms with E-state index in [0.717, 1.165) is 29.3 Å². The minimum absolute atomic E-state index is 0.606. The van der Waals surface area contributed by atoms with Crippen LogP contribution in [0.1, 0.15) is 37.6 Å². The molecule has 1 aromatic heterocycles. The van der Waals surface area contributed by atoms with Gasteiger partial charge in [-0.3, -0.25) is 0 Å². The van der Waals surface area contributed by atoms with E-state index in [-0.39, 0.29) is 0 Å². The molecule has 1 aromatic carbocycles. The Morgan fingerprint density at radius 1 is 1.16 bits per heavy atom. The molecule has 2 rings (SSSR count). The van der Waals surface area contributed by atoms with E-state index in [0.29, 0.717) is 5.92 Å². The lowest BCUT2D eigenvalue weighted by molar-refractivity contribution is 0.734. The van der Waals surface area contributed by atoms with Crippen molar-refractivity contribution in [2.45, 2.75) is 33.1 Å². The quantitative estimate of drug-likeness (QED) is 0.897. The number of benzene rings is 1. The van der Waals surface area contributed by atoms with E-state index < -0.39 is 0 Å². The average molecular weight is 255 g/mol. The molecule has 3 nitrogen and oxygen atoms in total. The summed E-state index contributed by atoms with van der Waals surface area (Å²) in [6.07, 6.45) is 1.16. The second kappa shape index (κ2) is 5.83. The fourth-order valence-electron chi connectivity index (χ4n) is 2.06. The van der Waals surface area contributed by atoms with Crippen molar-refractivity contribution in [1.29, 1.82) is 0 Å². The van der Waals surface area contributed by atoms with Crippen LogP contribution in [0.2, 0.25) is 0 Å². The van der Waals surface area contributed by atoms with Crippen molar-refractivity contribution in [3.05, 3.63) is 41.7 Å². The first-order chi connectivity index (χ1) is 9.13. The Kier molecular flexibility index (Phi) is 4.15. The van der Waals surface area contributed by atoms with Gasteiger partial charge in [0.1, 0.15) is 11.6 Å². The van der Waals surface area contributed by atoms with Crippen LogP contribution >= 0.6 is 0 Å². The van der Waals surface area contributed by atoms with Crippen molar-refractivity contribution in [3.8, 4) is 11.3 Å². The second-order valence-corrected chi connectivity index (χ2v) is 4.87. The Morgan fingerprint density at radius 3 is 2.42 bits per heavy atom. The van der Waals surface area contributed by atoms with Crippen molar-refractivity contribution in [2.75, 3.05) is 12.4 Å². The first-order valence-electron chi connectivity index (χ1n) is 6.77. The van der Waals surface area contributed by atoms with E-state index in [1.807, 2.05) is 20.0 Å². The summed E-state index contributed by atoms with van der Waals surface area (Å²) >= 11 is 0. The zero-order valence-electron chi connectivity index (χ0n) is 12.1.